The molecule has 1 aromatic heterocycles. The fraction of sp³-hybridized carbons (Fsp3) is 0.200. The highest BCUT2D eigenvalue weighted by atomic mass is 32.1. The normalized spacial score (nSPS) is 14.2. The lowest BCUT2D eigenvalue weighted by molar-refractivity contribution is -0.134. The lowest BCUT2D eigenvalue weighted by atomic mass is 10.1. The molecule has 0 fully saturated rings. The van der Waals surface area contributed by atoms with Crippen LogP contribution in [0.1, 0.15) is 19.0 Å². The zero-order valence-electron chi connectivity index (χ0n) is 14.7. The number of carboxylic acids is 1. The Morgan fingerprint density at radius 1 is 1.35 bits per heavy atom. The Kier molecular flexibility index (Phi) is 7.64. The molecule has 1 N–H and O–H groups in total. The van der Waals surface area contributed by atoms with Crippen molar-refractivity contribution in [3.05, 3.63) is 77.2 Å². The van der Waals surface area contributed by atoms with Crippen LogP contribution in [0.4, 0.5) is 0 Å². The Balaban J connectivity index is 0.000000552. The summed E-state index contributed by atoms with van der Waals surface area (Å²) in [5.41, 5.74) is 3.12. The van der Waals surface area contributed by atoms with Crippen molar-refractivity contribution in [2.45, 2.75) is 20.0 Å². The zero-order chi connectivity index (χ0) is 18.8. The molecule has 0 unspecified atom stereocenters. The van der Waals surface area contributed by atoms with Gasteiger partial charge in [-0.1, -0.05) is 42.5 Å². The van der Waals surface area contributed by atoms with Crippen LogP contribution in [0.5, 0.6) is 0 Å². The van der Waals surface area contributed by atoms with Gasteiger partial charge in [0.2, 0.25) is 0 Å². The molecule has 1 aromatic carbocycles. The molecule has 6 heteroatoms. The van der Waals surface area contributed by atoms with Gasteiger partial charge in [-0.05, 0) is 12.5 Å². The van der Waals surface area contributed by atoms with Crippen LogP contribution in [0.15, 0.2) is 71.5 Å². The molecule has 0 aliphatic heterocycles. The Bertz CT molecular complexity index is 802. The second-order valence-corrected chi connectivity index (χ2v) is 6.22. The van der Waals surface area contributed by atoms with Crippen LogP contribution in [-0.4, -0.2) is 23.2 Å². The van der Waals surface area contributed by atoms with Crippen LogP contribution < -0.4 is 0 Å². The van der Waals surface area contributed by atoms with E-state index in [1.165, 1.54) is 0 Å². The van der Waals surface area contributed by atoms with Gasteiger partial charge in [-0.25, -0.2) is 4.98 Å². The predicted molar refractivity (Wildman–Crippen MR) is 103 cm³/mol. The largest absolute Gasteiger partial charge is 0.504 e. The molecule has 0 saturated carbocycles. The average molecular weight is 371 g/mol. The first-order valence-electron chi connectivity index (χ1n) is 8.01. The number of methoxy groups -OCH3 is 1. The minimum atomic E-state index is -0.833. The number of thiazole rings is 1. The lowest BCUT2D eigenvalue weighted by Gasteiger charge is -2.13. The maximum absolute atomic E-state index is 9.00. The SMILES string of the molecule is CC(=O)O.COC=C1CC=CC=C1OCc1csc(-c2ccccc2)n1. The van der Waals surface area contributed by atoms with Crippen LogP contribution in [0.3, 0.4) is 0 Å². The number of aliphatic carboxylic acids is 1. The van der Waals surface area contributed by atoms with E-state index in [0.29, 0.717) is 6.61 Å². The molecule has 0 amide bonds. The van der Waals surface area contributed by atoms with E-state index in [0.717, 1.165) is 40.9 Å². The smallest absolute Gasteiger partial charge is 0.300 e. The molecule has 0 bridgehead atoms. The van der Waals surface area contributed by atoms with E-state index >= 15 is 0 Å². The summed E-state index contributed by atoms with van der Waals surface area (Å²) in [5.74, 6) is 0.0126. The van der Waals surface area contributed by atoms with E-state index in [1.54, 1.807) is 24.7 Å². The third-order valence-electron chi connectivity index (χ3n) is 3.25. The summed E-state index contributed by atoms with van der Waals surface area (Å²) in [5, 5.41) is 10.5. The summed E-state index contributed by atoms with van der Waals surface area (Å²) in [6.45, 7) is 1.55. The van der Waals surface area contributed by atoms with Crippen molar-refractivity contribution in [2.75, 3.05) is 7.11 Å². The molecule has 2 aromatic rings. The third kappa shape index (κ3) is 6.22. The Labute approximate surface area is 156 Å². The fourth-order valence-corrected chi connectivity index (χ4v) is 3.00. The summed E-state index contributed by atoms with van der Waals surface area (Å²) in [6.07, 6.45) is 8.59. The van der Waals surface area contributed by atoms with E-state index in [1.807, 2.05) is 35.7 Å². The third-order valence-corrected chi connectivity index (χ3v) is 4.19. The Morgan fingerprint density at radius 2 is 2.08 bits per heavy atom. The average Bonchev–Trinajstić information content (AvgIpc) is 3.11. The van der Waals surface area contributed by atoms with E-state index < -0.39 is 5.97 Å². The second-order valence-electron chi connectivity index (χ2n) is 5.36. The number of aromatic nitrogens is 1. The topological polar surface area (TPSA) is 68.7 Å². The molecule has 3 rings (SSSR count). The van der Waals surface area contributed by atoms with Gasteiger partial charge in [0.25, 0.3) is 5.97 Å². The van der Waals surface area contributed by atoms with Gasteiger partial charge in [0.1, 0.15) is 17.4 Å². The number of allylic oxidation sites excluding steroid dienone is 4. The molecule has 136 valence electrons. The van der Waals surface area contributed by atoms with Crippen molar-refractivity contribution in [3.8, 4) is 10.6 Å². The van der Waals surface area contributed by atoms with Crippen molar-refractivity contribution in [1.82, 2.24) is 4.98 Å². The van der Waals surface area contributed by atoms with Gasteiger partial charge in [-0.2, -0.15) is 0 Å². The zero-order valence-corrected chi connectivity index (χ0v) is 15.5. The number of hydrogen-bond donors (Lipinski definition) is 1. The summed E-state index contributed by atoms with van der Waals surface area (Å²) >= 11 is 1.64. The number of rotatable bonds is 5. The maximum atomic E-state index is 9.00. The molecule has 0 radical (unpaired) electrons. The van der Waals surface area contributed by atoms with Crippen molar-refractivity contribution in [2.24, 2.45) is 0 Å². The first-order valence-corrected chi connectivity index (χ1v) is 8.89. The standard InChI is InChI=1S/C18H17NO2S.C2H4O2/c1-20-11-15-9-5-6-10-17(15)21-12-16-13-22-18(19-16)14-7-3-2-4-8-14;1-2(3)4/h2-8,10-11,13H,9,12H2,1H3;1H3,(H,3,4). The van der Waals surface area contributed by atoms with E-state index in [9.17, 15) is 0 Å². The second kappa shape index (κ2) is 10.2. The van der Waals surface area contributed by atoms with Gasteiger partial charge in [0.15, 0.2) is 0 Å². The van der Waals surface area contributed by atoms with Crippen molar-refractivity contribution < 1.29 is 19.4 Å². The van der Waals surface area contributed by atoms with Crippen LogP contribution in [0, 0.1) is 0 Å². The van der Waals surface area contributed by atoms with E-state index in [-0.39, 0.29) is 0 Å². The quantitative estimate of drug-likeness (QED) is 0.765. The molecule has 26 heavy (non-hydrogen) atoms. The molecule has 1 aliphatic rings. The van der Waals surface area contributed by atoms with Gasteiger partial charge in [-0.15, -0.1) is 11.3 Å². The minimum Gasteiger partial charge on any atom is -0.504 e. The Hall–Kier alpha value is -2.86. The lowest BCUT2D eigenvalue weighted by Crippen LogP contribution is -2.00. The monoisotopic (exact) mass is 371 g/mol. The molecular weight excluding hydrogens is 350 g/mol. The van der Waals surface area contributed by atoms with Crippen molar-refractivity contribution in [1.29, 1.82) is 0 Å². The number of nitrogens with zero attached hydrogens (tertiary/aromatic N) is 1. The van der Waals surface area contributed by atoms with Gasteiger partial charge in [-0.3, -0.25) is 4.79 Å². The van der Waals surface area contributed by atoms with Gasteiger partial charge >= 0.3 is 0 Å². The van der Waals surface area contributed by atoms with Crippen LogP contribution >= 0.6 is 11.3 Å². The molecule has 0 atom stereocenters. The molecule has 1 heterocycles. The van der Waals surface area contributed by atoms with Crippen LogP contribution in [0.2, 0.25) is 0 Å². The molecular formula is C20H21NO4S. The molecule has 1 aliphatic carbocycles. The molecule has 0 spiro atoms. The fourth-order valence-electron chi connectivity index (χ4n) is 2.19. The summed E-state index contributed by atoms with van der Waals surface area (Å²) in [6, 6.07) is 10.2. The van der Waals surface area contributed by atoms with Gasteiger partial charge < -0.3 is 14.6 Å². The first kappa shape index (κ1) is 19.5. The maximum Gasteiger partial charge on any atom is 0.300 e. The summed E-state index contributed by atoms with van der Waals surface area (Å²) in [4.78, 5) is 13.6. The number of carbonyl (C=O) groups is 1. The number of benzene rings is 1. The number of carboxylic acid groups (broad SMARTS) is 1. The van der Waals surface area contributed by atoms with Gasteiger partial charge in [0.05, 0.1) is 19.1 Å². The van der Waals surface area contributed by atoms with Gasteiger partial charge in [0, 0.05) is 23.4 Å². The number of ether oxygens (including phenoxy) is 2. The predicted octanol–water partition coefficient (Wildman–Crippen LogP) is 4.79. The minimum absolute atomic E-state index is 0.462. The van der Waals surface area contributed by atoms with E-state index in [4.69, 9.17) is 19.4 Å². The molecule has 5 nitrogen and oxygen atoms in total. The van der Waals surface area contributed by atoms with E-state index in [2.05, 4.69) is 23.2 Å². The number of hydrogen-bond acceptors (Lipinski definition) is 5. The van der Waals surface area contributed by atoms with Crippen molar-refractivity contribution >= 4 is 17.3 Å². The van der Waals surface area contributed by atoms with Crippen molar-refractivity contribution in [3.63, 3.8) is 0 Å². The Morgan fingerprint density at radius 3 is 2.77 bits per heavy atom. The summed E-state index contributed by atoms with van der Waals surface area (Å²) in [7, 11) is 1.65. The highest BCUT2D eigenvalue weighted by molar-refractivity contribution is 7.13. The van der Waals surface area contributed by atoms with Crippen LogP contribution in [-0.2, 0) is 20.9 Å². The highest BCUT2D eigenvalue weighted by Crippen LogP contribution is 2.25. The first-order chi connectivity index (χ1) is 12.6. The summed E-state index contributed by atoms with van der Waals surface area (Å²) < 4.78 is 11.0. The highest BCUT2D eigenvalue weighted by Gasteiger charge is 2.11. The molecule has 0 saturated heterocycles. The van der Waals surface area contributed by atoms with Crippen LogP contribution in [0.25, 0.3) is 10.6 Å².